The predicted molar refractivity (Wildman–Crippen MR) is 108 cm³/mol. The van der Waals surface area contributed by atoms with Gasteiger partial charge in [0.05, 0.1) is 12.4 Å². The highest BCUT2D eigenvalue weighted by atomic mass is 19.2. The van der Waals surface area contributed by atoms with Crippen molar-refractivity contribution in [2.24, 2.45) is 0 Å². The molecule has 2 N–H and O–H groups in total. The topological polar surface area (TPSA) is 88.0 Å². The molecule has 0 unspecified atom stereocenters. The van der Waals surface area contributed by atoms with Gasteiger partial charge in [-0.25, -0.2) is 13.8 Å². The lowest BCUT2D eigenvalue weighted by Gasteiger charge is -2.31. The standard InChI is InChI=1S/C20H21F2N7O/c1-12-19(30)26-17-10-24-20(27-18(17)28(12)2)23-8-14-9-25-29(11-14)6-5-13-3-4-15(21)16(22)7-13/h3-4,7,9-12H,5-6,8H2,1-2H3,(H,26,30)(H,23,24,27)/t12-/m0/s1. The fourth-order valence-corrected chi connectivity index (χ4v) is 3.15. The van der Waals surface area contributed by atoms with Gasteiger partial charge in [-0.3, -0.25) is 9.48 Å². The summed E-state index contributed by atoms with van der Waals surface area (Å²) in [5.74, 6) is -0.688. The van der Waals surface area contributed by atoms with Crippen molar-refractivity contribution in [3.63, 3.8) is 0 Å². The first-order valence-electron chi connectivity index (χ1n) is 9.50. The highest BCUT2D eigenvalue weighted by Crippen LogP contribution is 2.28. The molecule has 1 aliphatic rings. The van der Waals surface area contributed by atoms with Gasteiger partial charge in [0.1, 0.15) is 11.7 Å². The van der Waals surface area contributed by atoms with E-state index in [1.807, 2.05) is 20.2 Å². The van der Waals surface area contributed by atoms with Gasteiger partial charge in [-0.2, -0.15) is 10.1 Å². The van der Waals surface area contributed by atoms with Crippen LogP contribution in [0.25, 0.3) is 0 Å². The number of nitrogens with one attached hydrogen (secondary N) is 2. The molecule has 0 radical (unpaired) electrons. The van der Waals surface area contributed by atoms with Gasteiger partial charge in [-0.15, -0.1) is 0 Å². The average Bonchev–Trinajstić information content (AvgIpc) is 3.19. The smallest absolute Gasteiger partial charge is 0.246 e. The fourth-order valence-electron chi connectivity index (χ4n) is 3.15. The number of benzene rings is 1. The highest BCUT2D eigenvalue weighted by molar-refractivity contribution is 6.02. The molecular formula is C20H21F2N7O. The first-order valence-corrected chi connectivity index (χ1v) is 9.50. The van der Waals surface area contributed by atoms with Crippen molar-refractivity contribution in [1.82, 2.24) is 19.7 Å². The molecule has 2 aromatic heterocycles. The first kappa shape index (κ1) is 19.7. The van der Waals surface area contributed by atoms with E-state index in [1.54, 1.807) is 28.0 Å². The molecule has 10 heteroatoms. The summed E-state index contributed by atoms with van der Waals surface area (Å²) in [5.41, 5.74) is 2.21. The number of aromatic nitrogens is 4. The molecule has 156 valence electrons. The minimum atomic E-state index is -0.848. The van der Waals surface area contributed by atoms with Gasteiger partial charge >= 0.3 is 0 Å². The number of likely N-dealkylation sites (N-methyl/N-ethyl adjacent to an activating group) is 1. The van der Waals surface area contributed by atoms with Crippen LogP contribution >= 0.6 is 0 Å². The number of amides is 1. The van der Waals surface area contributed by atoms with E-state index in [-0.39, 0.29) is 11.9 Å². The van der Waals surface area contributed by atoms with Gasteiger partial charge in [-0.05, 0) is 31.0 Å². The van der Waals surface area contributed by atoms with Gasteiger partial charge in [0.15, 0.2) is 17.5 Å². The van der Waals surface area contributed by atoms with Crippen molar-refractivity contribution < 1.29 is 13.6 Å². The lowest BCUT2D eigenvalue weighted by molar-refractivity contribution is -0.117. The number of carbonyl (C=O) groups is 1. The molecule has 0 aliphatic carbocycles. The molecule has 4 rings (SSSR count). The molecule has 1 amide bonds. The molecule has 0 fully saturated rings. The number of fused-ring (bicyclic) bond motifs is 1. The number of hydrogen-bond acceptors (Lipinski definition) is 6. The Morgan fingerprint density at radius 2 is 2.03 bits per heavy atom. The van der Waals surface area contributed by atoms with Crippen LogP contribution < -0.4 is 15.5 Å². The van der Waals surface area contributed by atoms with Gasteiger partial charge in [0.25, 0.3) is 0 Å². The van der Waals surface area contributed by atoms with E-state index in [0.717, 1.165) is 11.6 Å². The maximum atomic E-state index is 13.3. The molecule has 1 aromatic carbocycles. The molecule has 0 bridgehead atoms. The van der Waals surface area contributed by atoms with Crippen molar-refractivity contribution in [1.29, 1.82) is 0 Å². The van der Waals surface area contributed by atoms with Crippen LogP contribution in [0.5, 0.6) is 0 Å². The minimum absolute atomic E-state index is 0.0925. The third-order valence-electron chi connectivity index (χ3n) is 5.07. The zero-order valence-corrected chi connectivity index (χ0v) is 16.6. The van der Waals surface area contributed by atoms with Crippen LogP contribution in [0, 0.1) is 11.6 Å². The van der Waals surface area contributed by atoms with Crippen LogP contribution in [0.1, 0.15) is 18.1 Å². The second-order valence-electron chi connectivity index (χ2n) is 7.17. The molecule has 1 aliphatic heterocycles. The number of hydrogen-bond donors (Lipinski definition) is 2. The number of nitrogens with zero attached hydrogens (tertiary/aromatic N) is 5. The van der Waals surface area contributed by atoms with E-state index in [9.17, 15) is 13.6 Å². The first-order chi connectivity index (χ1) is 14.4. The zero-order valence-electron chi connectivity index (χ0n) is 16.6. The molecule has 0 spiro atoms. The van der Waals surface area contributed by atoms with Crippen molar-refractivity contribution in [3.05, 3.63) is 59.6 Å². The maximum absolute atomic E-state index is 13.3. The predicted octanol–water partition coefficient (Wildman–Crippen LogP) is 2.58. The van der Waals surface area contributed by atoms with E-state index in [0.29, 0.717) is 42.5 Å². The Labute approximate surface area is 171 Å². The maximum Gasteiger partial charge on any atom is 0.246 e. The van der Waals surface area contributed by atoms with E-state index >= 15 is 0 Å². The third-order valence-corrected chi connectivity index (χ3v) is 5.07. The van der Waals surface area contributed by atoms with Crippen molar-refractivity contribution >= 4 is 23.4 Å². The van der Waals surface area contributed by atoms with E-state index < -0.39 is 11.6 Å². The van der Waals surface area contributed by atoms with Gasteiger partial charge in [0, 0.05) is 31.9 Å². The van der Waals surface area contributed by atoms with Gasteiger partial charge in [0.2, 0.25) is 11.9 Å². The number of anilines is 3. The summed E-state index contributed by atoms with van der Waals surface area (Å²) < 4.78 is 28.1. The average molecular weight is 413 g/mol. The second-order valence-corrected chi connectivity index (χ2v) is 7.17. The summed E-state index contributed by atoms with van der Waals surface area (Å²) in [6, 6.07) is 3.59. The number of rotatable bonds is 6. The van der Waals surface area contributed by atoms with E-state index in [1.165, 1.54) is 6.07 Å². The summed E-state index contributed by atoms with van der Waals surface area (Å²) >= 11 is 0. The Bertz CT molecular complexity index is 1080. The number of halogens is 2. The number of aryl methyl sites for hydroxylation is 2. The van der Waals surface area contributed by atoms with Crippen molar-refractivity contribution in [3.8, 4) is 0 Å². The van der Waals surface area contributed by atoms with Crippen LogP contribution in [0.4, 0.5) is 26.2 Å². The molecule has 1 atom stereocenters. The molecule has 0 saturated heterocycles. The molecule has 3 heterocycles. The third kappa shape index (κ3) is 4.07. The molecule has 30 heavy (non-hydrogen) atoms. The van der Waals surface area contributed by atoms with Crippen LogP contribution in [0.15, 0.2) is 36.8 Å². The lowest BCUT2D eigenvalue weighted by atomic mass is 10.1. The highest BCUT2D eigenvalue weighted by Gasteiger charge is 2.28. The van der Waals surface area contributed by atoms with Crippen molar-refractivity contribution in [2.45, 2.75) is 32.5 Å². The van der Waals surface area contributed by atoms with Crippen LogP contribution in [0.3, 0.4) is 0 Å². The Hall–Kier alpha value is -3.56. The summed E-state index contributed by atoms with van der Waals surface area (Å²) in [6.45, 7) is 2.82. The molecular weight excluding hydrogens is 392 g/mol. The summed E-state index contributed by atoms with van der Waals surface area (Å²) in [6.07, 6.45) is 5.72. The van der Waals surface area contributed by atoms with E-state index in [2.05, 4.69) is 25.7 Å². The quantitative estimate of drug-likeness (QED) is 0.646. The van der Waals surface area contributed by atoms with Crippen molar-refractivity contribution in [2.75, 3.05) is 22.6 Å². The lowest BCUT2D eigenvalue weighted by Crippen LogP contribution is -2.44. The summed E-state index contributed by atoms with van der Waals surface area (Å²) in [7, 11) is 1.82. The normalized spacial score (nSPS) is 15.7. The molecule has 0 saturated carbocycles. The Morgan fingerprint density at radius 3 is 2.83 bits per heavy atom. The largest absolute Gasteiger partial charge is 0.350 e. The zero-order chi connectivity index (χ0) is 21.3. The van der Waals surface area contributed by atoms with Gasteiger partial charge < -0.3 is 15.5 Å². The monoisotopic (exact) mass is 413 g/mol. The Balaban J connectivity index is 1.35. The van der Waals surface area contributed by atoms with E-state index in [4.69, 9.17) is 0 Å². The van der Waals surface area contributed by atoms with Crippen LogP contribution in [-0.4, -0.2) is 38.7 Å². The summed E-state index contributed by atoms with van der Waals surface area (Å²) in [4.78, 5) is 22.4. The molecule has 3 aromatic rings. The van der Waals surface area contributed by atoms with Crippen LogP contribution in [-0.2, 0) is 24.3 Å². The number of carbonyl (C=O) groups excluding carboxylic acids is 1. The Morgan fingerprint density at radius 1 is 1.20 bits per heavy atom. The molecule has 8 nitrogen and oxygen atoms in total. The summed E-state index contributed by atoms with van der Waals surface area (Å²) in [5, 5.41) is 10.2. The SMILES string of the molecule is C[C@H]1C(=O)Nc2cnc(NCc3cnn(CCc4ccc(F)c(F)c4)c3)nc2N1C. The minimum Gasteiger partial charge on any atom is -0.350 e. The Kier molecular flexibility index (Phi) is 5.30. The second kappa shape index (κ2) is 8.05. The van der Waals surface area contributed by atoms with Gasteiger partial charge in [-0.1, -0.05) is 6.07 Å². The van der Waals surface area contributed by atoms with Crippen LogP contribution in [0.2, 0.25) is 0 Å². The fraction of sp³-hybridized carbons (Fsp3) is 0.300.